The van der Waals surface area contributed by atoms with Crippen LogP contribution in [0, 0.1) is 11.8 Å². The summed E-state index contributed by atoms with van der Waals surface area (Å²) in [6.45, 7) is 5.99. The van der Waals surface area contributed by atoms with E-state index in [9.17, 15) is 4.39 Å². The SMILES string of the molecule is CC(C)C1CCCC1(C)F. The van der Waals surface area contributed by atoms with Gasteiger partial charge in [-0.05, 0) is 38.0 Å². The molecule has 0 aromatic rings. The number of rotatable bonds is 1. The highest BCUT2D eigenvalue weighted by atomic mass is 19.1. The largest absolute Gasteiger partial charge is 0.244 e. The summed E-state index contributed by atoms with van der Waals surface area (Å²) >= 11 is 0. The van der Waals surface area contributed by atoms with E-state index in [-0.39, 0.29) is 0 Å². The topological polar surface area (TPSA) is 0 Å². The van der Waals surface area contributed by atoms with Gasteiger partial charge in [0.05, 0.1) is 0 Å². The molecule has 0 nitrogen and oxygen atoms in total. The van der Waals surface area contributed by atoms with Gasteiger partial charge in [0.2, 0.25) is 0 Å². The highest BCUT2D eigenvalue weighted by molar-refractivity contribution is 4.90. The number of halogens is 1. The monoisotopic (exact) mass is 144 g/mol. The molecule has 0 aliphatic heterocycles. The minimum Gasteiger partial charge on any atom is -0.244 e. The molecule has 2 unspecified atom stereocenters. The van der Waals surface area contributed by atoms with E-state index < -0.39 is 5.67 Å². The first-order valence-electron chi connectivity index (χ1n) is 4.23. The fourth-order valence-electron chi connectivity index (χ4n) is 2.18. The van der Waals surface area contributed by atoms with Crippen molar-refractivity contribution >= 4 is 0 Å². The van der Waals surface area contributed by atoms with Gasteiger partial charge in [-0.25, -0.2) is 4.39 Å². The second-order valence-corrected chi connectivity index (χ2v) is 4.02. The van der Waals surface area contributed by atoms with Gasteiger partial charge in [0.1, 0.15) is 5.67 Å². The molecule has 1 fully saturated rings. The predicted octanol–water partition coefficient (Wildman–Crippen LogP) is 3.17. The quantitative estimate of drug-likeness (QED) is 0.530. The highest BCUT2D eigenvalue weighted by Crippen LogP contribution is 2.42. The molecule has 1 heteroatoms. The third kappa shape index (κ3) is 1.33. The van der Waals surface area contributed by atoms with E-state index in [2.05, 4.69) is 13.8 Å². The molecule has 2 atom stereocenters. The lowest BCUT2D eigenvalue weighted by Gasteiger charge is -2.25. The van der Waals surface area contributed by atoms with Crippen LogP contribution >= 0.6 is 0 Å². The van der Waals surface area contributed by atoms with Crippen LogP contribution in [0.15, 0.2) is 0 Å². The fourth-order valence-corrected chi connectivity index (χ4v) is 2.18. The van der Waals surface area contributed by atoms with E-state index in [1.807, 2.05) is 0 Å². The van der Waals surface area contributed by atoms with E-state index in [0.717, 1.165) is 19.3 Å². The van der Waals surface area contributed by atoms with E-state index in [4.69, 9.17) is 0 Å². The van der Waals surface area contributed by atoms with Crippen LogP contribution < -0.4 is 0 Å². The zero-order chi connectivity index (χ0) is 7.78. The van der Waals surface area contributed by atoms with Gasteiger partial charge in [0.25, 0.3) is 0 Å². The second kappa shape index (κ2) is 2.52. The third-order valence-corrected chi connectivity index (χ3v) is 2.76. The van der Waals surface area contributed by atoms with Crippen molar-refractivity contribution in [2.24, 2.45) is 11.8 Å². The average molecular weight is 144 g/mol. The highest BCUT2D eigenvalue weighted by Gasteiger charge is 2.40. The Morgan fingerprint density at radius 1 is 1.50 bits per heavy atom. The Morgan fingerprint density at radius 3 is 2.30 bits per heavy atom. The molecule has 0 N–H and O–H groups in total. The molecule has 10 heavy (non-hydrogen) atoms. The van der Waals surface area contributed by atoms with Crippen molar-refractivity contribution in [1.29, 1.82) is 0 Å². The van der Waals surface area contributed by atoms with Crippen LogP contribution in [-0.4, -0.2) is 5.67 Å². The van der Waals surface area contributed by atoms with Gasteiger partial charge in [-0.1, -0.05) is 13.8 Å². The summed E-state index contributed by atoms with van der Waals surface area (Å²) in [5.74, 6) is 0.824. The van der Waals surface area contributed by atoms with E-state index >= 15 is 0 Å². The van der Waals surface area contributed by atoms with Crippen molar-refractivity contribution in [3.8, 4) is 0 Å². The maximum atomic E-state index is 13.5. The molecule has 0 saturated heterocycles. The summed E-state index contributed by atoms with van der Waals surface area (Å²) in [5.41, 5.74) is -0.867. The minimum atomic E-state index is -0.867. The van der Waals surface area contributed by atoms with Gasteiger partial charge in [-0.3, -0.25) is 0 Å². The molecule has 0 bridgehead atoms. The maximum Gasteiger partial charge on any atom is 0.111 e. The summed E-state index contributed by atoms with van der Waals surface area (Å²) in [7, 11) is 0. The summed E-state index contributed by atoms with van der Waals surface area (Å²) in [6.07, 6.45) is 2.94. The lowest BCUT2D eigenvalue weighted by atomic mass is 9.85. The lowest BCUT2D eigenvalue weighted by Crippen LogP contribution is -2.27. The second-order valence-electron chi connectivity index (χ2n) is 4.02. The first-order chi connectivity index (χ1) is 4.54. The van der Waals surface area contributed by atoms with Crippen molar-refractivity contribution < 1.29 is 4.39 Å². The van der Waals surface area contributed by atoms with Crippen LogP contribution in [0.1, 0.15) is 40.0 Å². The zero-order valence-corrected chi connectivity index (χ0v) is 7.15. The van der Waals surface area contributed by atoms with E-state index in [1.165, 1.54) is 0 Å². The summed E-state index contributed by atoms with van der Waals surface area (Å²) in [6, 6.07) is 0. The van der Waals surface area contributed by atoms with Crippen molar-refractivity contribution in [1.82, 2.24) is 0 Å². The van der Waals surface area contributed by atoms with Crippen LogP contribution in [0.5, 0.6) is 0 Å². The van der Waals surface area contributed by atoms with Crippen LogP contribution in [0.25, 0.3) is 0 Å². The van der Waals surface area contributed by atoms with Gasteiger partial charge in [-0.2, -0.15) is 0 Å². The Hall–Kier alpha value is -0.0700. The van der Waals surface area contributed by atoms with Crippen LogP contribution in [0.4, 0.5) is 4.39 Å². The Labute approximate surface area is 62.8 Å². The van der Waals surface area contributed by atoms with Crippen molar-refractivity contribution in [2.45, 2.75) is 45.7 Å². The zero-order valence-electron chi connectivity index (χ0n) is 7.15. The molecule has 0 aromatic carbocycles. The Morgan fingerprint density at radius 2 is 2.10 bits per heavy atom. The van der Waals surface area contributed by atoms with E-state index in [0.29, 0.717) is 11.8 Å². The number of hydrogen-bond donors (Lipinski definition) is 0. The van der Waals surface area contributed by atoms with Crippen LogP contribution in [0.3, 0.4) is 0 Å². The lowest BCUT2D eigenvalue weighted by molar-refractivity contribution is 0.102. The average Bonchev–Trinajstić information content (AvgIpc) is 2.08. The Bertz CT molecular complexity index is 116. The van der Waals surface area contributed by atoms with Crippen LogP contribution in [-0.2, 0) is 0 Å². The van der Waals surface area contributed by atoms with E-state index in [1.54, 1.807) is 6.92 Å². The van der Waals surface area contributed by atoms with Crippen molar-refractivity contribution in [2.75, 3.05) is 0 Å². The first kappa shape index (κ1) is 8.03. The van der Waals surface area contributed by atoms with Crippen molar-refractivity contribution in [3.63, 3.8) is 0 Å². The van der Waals surface area contributed by atoms with Gasteiger partial charge < -0.3 is 0 Å². The molecular weight excluding hydrogens is 127 g/mol. The summed E-state index contributed by atoms with van der Waals surface area (Å²) < 4.78 is 13.5. The molecule has 1 aliphatic carbocycles. The summed E-state index contributed by atoms with van der Waals surface area (Å²) in [4.78, 5) is 0. The Balaban J connectivity index is 2.59. The molecule has 0 heterocycles. The first-order valence-corrected chi connectivity index (χ1v) is 4.23. The molecule has 60 valence electrons. The molecule has 0 amide bonds. The number of hydrogen-bond acceptors (Lipinski definition) is 0. The van der Waals surface area contributed by atoms with Gasteiger partial charge in [0.15, 0.2) is 0 Å². The maximum absolute atomic E-state index is 13.5. The van der Waals surface area contributed by atoms with Crippen LogP contribution in [0.2, 0.25) is 0 Å². The molecule has 1 saturated carbocycles. The standard InChI is InChI=1S/C9H17F/c1-7(2)8-5-4-6-9(8,3)10/h7-8H,4-6H2,1-3H3. The summed E-state index contributed by atoms with van der Waals surface area (Å²) in [5, 5.41) is 0. The molecule has 1 rings (SSSR count). The number of alkyl halides is 1. The predicted molar refractivity (Wildman–Crippen MR) is 41.7 cm³/mol. The molecule has 0 radical (unpaired) electrons. The normalized spacial score (nSPS) is 41.1. The minimum absolute atomic E-state index is 0.312. The van der Waals surface area contributed by atoms with Gasteiger partial charge in [0, 0.05) is 0 Å². The smallest absolute Gasteiger partial charge is 0.111 e. The molecule has 1 aliphatic rings. The van der Waals surface area contributed by atoms with Gasteiger partial charge in [-0.15, -0.1) is 0 Å². The Kier molecular flexibility index (Phi) is 2.02. The third-order valence-electron chi connectivity index (χ3n) is 2.76. The van der Waals surface area contributed by atoms with Gasteiger partial charge >= 0.3 is 0 Å². The fraction of sp³-hybridized carbons (Fsp3) is 1.00. The molecule has 0 aromatic heterocycles. The van der Waals surface area contributed by atoms with Crippen molar-refractivity contribution in [3.05, 3.63) is 0 Å². The molecule has 0 spiro atoms. The molecular formula is C9H17F.